The smallest absolute Gasteiger partial charge is 0.0590 e. The van der Waals surface area contributed by atoms with Crippen LogP contribution in [0.25, 0.3) is 0 Å². The maximum absolute atomic E-state index is 6.31. The Morgan fingerprint density at radius 3 is 2.38 bits per heavy atom. The monoisotopic (exact) mass is 296 g/mol. The molecule has 2 aliphatic rings. The van der Waals surface area contributed by atoms with Crippen molar-refractivity contribution in [2.75, 3.05) is 26.8 Å². The highest BCUT2D eigenvalue weighted by Crippen LogP contribution is 2.43. The first-order valence-electron chi connectivity index (χ1n) is 9.12. The number of rotatable bonds is 9. The largest absolute Gasteiger partial charge is 0.383 e. The van der Waals surface area contributed by atoms with Gasteiger partial charge in [-0.25, -0.2) is 0 Å². The van der Waals surface area contributed by atoms with E-state index in [-0.39, 0.29) is 5.54 Å². The average Bonchev–Trinajstić information content (AvgIpc) is 3.34. The van der Waals surface area contributed by atoms with Gasteiger partial charge in [-0.05, 0) is 57.3 Å². The second kappa shape index (κ2) is 7.94. The highest BCUT2D eigenvalue weighted by atomic mass is 16.5. The van der Waals surface area contributed by atoms with E-state index in [0.717, 1.165) is 31.5 Å². The molecule has 0 spiro atoms. The van der Waals surface area contributed by atoms with Crippen molar-refractivity contribution in [2.24, 2.45) is 17.6 Å². The number of methoxy groups -OCH3 is 1. The first-order chi connectivity index (χ1) is 10.2. The van der Waals surface area contributed by atoms with Crippen LogP contribution in [0.5, 0.6) is 0 Å². The summed E-state index contributed by atoms with van der Waals surface area (Å²) in [5.74, 6) is 1.84. The zero-order valence-electron chi connectivity index (χ0n) is 14.4. The molecule has 0 aromatic heterocycles. The summed E-state index contributed by atoms with van der Waals surface area (Å²) in [6, 6.07) is 0.673. The van der Waals surface area contributed by atoms with Crippen molar-refractivity contribution < 1.29 is 4.74 Å². The fourth-order valence-electron chi connectivity index (χ4n) is 4.42. The summed E-state index contributed by atoms with van der Waals surface area (Å²) < 4.78 is 5.38. The van der Waals surface area contributed by atoms with Gasteiger partial charge in [-0.1, -0.05) is 19.8 Å². The van der Waals surface area contributed by atoms with Gasteiger partial charge in [0.1, 0.15) is 0 Å². The van der Waals surface area contributed by atoms with E-state index >= 15 is 0 Å². The molecule has 0 aliphatic heterocycles. The minimum absolute atomic E-state index is 0.241. The second-order valence-electron chi connectivity index (χ2n) is 7.42. The Balaban J connectivity index is 2.03. The molecule has 1 unspecified atom stereocenters. The van der Waals surface area contributed by atoms with Crippen LogP contribution >= 0.6 is 0 Å². The molecule has 0 aromatic carbocycles. The number of nitrogens with two attached hydrogens (primary N) is 1. The molecule has 3 heteroatoms. The van der Waals surface area contributed by atoms with E-state index in [4.69, 9.17) is 10.5 Å². The van der Waals surface area contributed by atoms with Gasteiger partial charge in [0.25, 0.3) is 0 Å². The van der Waals surface area contributed by atoms with Gasteiger partial charge >= 0.3 is 0 Å². The lowest BCUT2D eigenvalue weighted by atomic mass is 9.73. The van der Waals surface area contributed by atoms with Crippen molar-refractivity contribution in [3.05, 3.63) is 0 Å². The van der Waals surface area contributed by atoms with Crippen LogP contribution in [0.2, 0.25) is 0 Å². The summed E-state index contributed by atoms with van der Waals surface area (Å²) in [6.07, 6.45) is 10.8. The van der Waals surface area contributed by atoms with Gasteiger partial charge in [0.2, 0.25) is 0 Å². The van der Waals surface area contributed by atoms with Crippen LogP contribution in [0.4, 0.5) is 0 Å². The first-order valence-corrected chi connectivity index (χ1v) is 9.12. The number of nitrogens with zero attached hydrogens (tertiary/aromatic N) is 1. The molecule has 2 fully saturated rings. The maximum atomic E-state index is 6.31. The van der Waals surface area contributed by atoms with Gasteiger partial charge in [-0.3, -0.25) is 4.90 Å². The molecule has 2 rings (SSSR count). The number of ether oxygens (including phenoxy) is 1. The van der Waals surface area contributed by atoms with Gasteiger partial charge in [0, 0.05) is 31.8 Å². The molecule has 21 heavy (non-hydrogen) atoms. The molecule has 2 N–H and O–H groups in total. The molecule has 2 aliphatic carbocycles. The number of hydrogen-bond acceptors (Lipinski definition) is 3. The van der Waals surface area contributed by atoms with Crippen LogP contribution in [0.1, 0.15) is 65.2 Å². The molecule has 0 radical (unpaired) electrons. The second-order valence-corrected chi connectivity index (χ2v) is 7.42. The molecule has 0 bridgehead atoms. The van der Waals surface area contributed by atoms with Gasteiger partial charge in [-0.15, -0.1) is 0 Å². The van der Waals surface area contributed by atoms with Crippen LogP contribution in [0, 0.1) is 11.8 Å². The fourth-order valence-corrected chi connectivity index (χ4v) is 4.42. The lowest BCUT2D eigenvalue weighted by molar-refractivity contribution is -0.0111. The molecule has 124 valence electrons. The van der Waals surface area contributed by atoms with Gasteiger partial charge in [0.05, 0.1) is 6.61 Å². The highest BCUT2D eigenvalue weighted by molar-refractivity contribution is 5.00. The van der Waals surface area contributed by atoms with E-state index in [0.29, 0.717) is 6.04 Å². The fraction of sp³-hybridized carbons (Fsp3) is 1.00. The van der Waals surface area contributed by atoms with Crippen LogP contribution in [0.3, 0.4) is 0 Å². The van der Waals surface area contributed by atoms with Gasteiger partial charge < -0.3 is 10.5 Å². The first kappa shape index (κ1) is 17.2. The van der Waals surface area contributed by atoms with Crippen molar-refractivity contribution in [2.45, 2.75) is 76.8 Å². The Kier molecular flexibility index (Phi) is 6.51. The zero-order chi connectivity index (χ0) is 15.3. The normalized spacial score (nSPS) is 31.6. The third kappa shape index (κ3) is 4.20. The molecule has 3 nitrogen and oxygen atoms in total. The predicted molar refractivity (Wildman–Crippen MR) is 89.4 cm³/mol. The average molecular weight is 296 g/mol. The van der Waals surface area contributed by atoms with Crippen molar-refractivity contribution in [3.63, 3.8) is 0 Å². The van der Waals surface area contributed by atoms with E-state index < -0.39 is 0 Å². The van der Waals surface area contributed by atoms with Crippen molar-refractivity contribution in [1.82, 2.24) is 4.90 Å². The lowest BCUT2D eigenvalue weighted by Gasteiger charge is -2.50. The molecule has 0 amide bonds. The molecular weight excluding hydrogens is 260 g/mol. The van der Waals surface area contributed by atoms with Gasteiger partial charge in [-0.2, -0.15) is 0 Å². The van der Waals surface area contributed by atoms with Gasteiger partial charge in [0.15, 0.2) is 0 Å². The van der Waals surface area contributed by atoms with E-state index in [2.05, 4.69) is 18.7 Å². The van der Waals surface area contributed by atoms with E-state index in [1.165, 1.54) is 51.4 Å². The SMILES string of the molecule is CCCC1CCC(CN)(N(CCOC)C(C)C2CC2)CC1. The summed E-state index contributed by atoms with van der Waals surface area (Å²) in [5, 5.41) is 0. The van der Waals surface area contributed by atoms with Crippen LogP contribution in [-0.4, -0.2) is 43.3 Å². The summed E-state index contributed by atoms with van der Waals surface area (Å²) in [4.78, 5) is 2.73. The van der Waals surface area contributed by atoms with Crippen LogP contribution < -0.4 is 5.73 Å². The summed E-state index contributed by atoms with van der Waals surface area (Å²) in [5.41, 5.74) is 6.55. The van der Waals surface area contributed by atoms with Crippen LogP contribution in [0.15, 0.2) is 0 Å². The Hall–Kier alpha value is -0.120. The highest BCUT2D eigenvalue weighted by Gasteiger charge is 2.44. The Labute approximate surface area is 131 Å². The molecule has 0 heterocycles. The standard InChI is InChI=1S/C18H36N2O/c1-4-5-16-8-10-18(14-19,11-9-16)20(12-13-21-3)15(2)17-6-7-17/h15-17H,4-14,19H2,1-3H3. The molecule has 0 aromatic rings. The zero-order valence-corrected chi connectivity index (χ0v) is 14.4. The summed E-state index contributed by atoms with van der Waals surface area (Å²) in [7, 11) is 1.81. The molecular formula is C18H36N2O. The Morgan fingerprint density at radius 2 is 1.90 bits per heavy atom. The minimum Gasteiger partial charge on any atom is -0.383 e. The summed E-state index contributed by atoms with van der Waals surface area (Å²) in [6.45, 7) is 7.42. The van der Waals surface area contributed by atoms with Crippen molar-refractivity contribution in [1.29, 1.82) is 0 Å². The van der Waals surface area contributed by atoms with Crippen molar-refractivity contribution >= 4 is 0 Å². The third-order valence-corrected chi connectivity index (χ3v) is 6.05. The minimum atomic E-state index is 0.241. The Bertz CT molecular complexity index is 296. The Morgan fingerprint density at radius 1 is 1.24 bits per heavy atom. The van der Waals surface area contributed by atoms with E-state index in [1.54, 1.807) is 0 Å². The lowest BCUT2D eigenvalue weighted by Crippen LogP contribution is -2.60. The van der Waals surface area contributed by atoms with E-state index in [9.17, 15) is 0 Å². The van der Waals surface area contributed by atoms with Crippen LogP contribution in [-0.2, 0) is 4.74 Å². The van der Waals surface area contributed by atoms with Crippen molar-refractivity contribution in [3.8, 4) is 0 Å². The predicted octanol–water partition coefficient (Wildman–Crippen LogP) is 3.42. The summed E-state index contributed by atoms with van der Waals surface area (Å²) >= 11 is 0. The number of hydrogen-bond donors (Lipinski definition) is 1. The molecule has 2 saturated carbocycles. The molecule has 0 saturated heterocycles. The maximum Gasteiger partial charge on any atom is 0.0590 e. The topological polar surface area (TPSA) is 38.5 Å². The quantitative estimate of drug-likeness (QED) is 0.708. The molecule has 1 atom stereocenters. The van der Waals surface area contributed by atoms with E-state index in [1.807, 2.05) is 7.11 Å². The third-order valence-electron chi connectivity index (χ3n) is 6.05.